The van der Waals surface area contributed by atoms with Gasteiger partial charge in [0.2, 0.25) is 5.91 Å². The van der Waals surface area contributed by atoms with Crippen LogP contribution < -0.4 is 5.32 Å². The van der Waals surface area contributed by atoms with E-state index >= 15 is 0 Å². The molecule has 1 fully saturated rings. The zero-order valence-electron chi connectivity index (χ0n) is 17.3. The van der Waals surface area contributed by atoms with E-state index in [4.69, 9.17) is 4.74 Å². The van der Waals surface area contributed by atoms with Crippen molar-refractivity contribution in [2.45, 2.75) is 26.4 Å². The number of nitrogens with zero attached hydrogens (tertiary/aromatic N) is 2. The molecule has 1 aliphatic heterocycles. The van der Waals surface area contributed by atoms with E-state index in [0.717, 1.165) is 54.7 Å². The molecule has 156 valence electrons. The zero-order valence-corrected chi connectivity index (χ0v) is 18.1. The Bertz CT molecular complexity index is 978. The number of hydrogen-bond acceptors (Lipinski definition) is 5. The molecule has 0 radical (unpaired) electrons. The lowest BCUT2D eigenvalue weighted by atomic mass is 10.1. The molecule has 2 aromatic carbocycles. The molecule has 0 unspecified atom stereocenters. The quantitative estimate of drug-likeness (QED) is 0.630. The summed E-state index contributed by atoms with van der Waals surface area (Å²) < 4.78 is 5.41. The van der Waals surface area contributed by atoms with Crippen molar-refractivity contribution in [3.8, 4) is 10.6 Å². The summed E-state index contributed by atoms with van der Waals surface area (Å²) in [5, 5.41) is 5.95. The van der Waals surface area contributed by atoms with Gasteiger partial charge >= 0.3 is 0 Å². The lowest BCUT2D eigenvalue weighted by Crippen LogP contribution is -2.35. The fraction of sp³-hybridized carbons (Fsp3) is 0.333. The first-order valence-corrected chi connectivity index (χ1v) is 11.2. The minimum atomic E-state index is -0.00524. The number of morpholine rings is 1. The third-order valence-electron chi connectivity index (χ3n) is 5.18. The molecule has 0 atom stereocenters. The molecule has 6 heteroatoms. The van der Waals surface area contributed by atoms with Gasteiger partial charge in [0.15, 0.2) is 0 Å². The van der Waals surface area contributed by atoms with Crippen molar-refractivity contribution in [2.24, 2.45) is 0 Å². The molecule has 30 heavy (non-hydrogen) atoms. The summed E-state index contributed by atoms with van der Waals surface area (Å²) in [5.41, 5.74) is 5.52. The predicted octanol–water partition coefficient (Wildman–Crippen LogP) is 3.81. The third-order valence-corrected chi connectivity index (χ3v) is 6.12. The normalized spacial score (nSPS) is 14.6. The van der Waals surface area contributed by atoms with E-state index in [2.05, 4.69) is 70.7 Å². The van der Waals surface area contributed by atoms with Crippen molar-refractivity contribution in [3.05, 3.63) is 76.3 Å². The molecule has 0 saturated carbocycles. The van der Waals surface area contributed by atoms with Crippen molar-refractivity contribution in [3.63, 3.8) is 0 Å². The van der Waals surface area contributed by atoms with Crippen LogP contribution in [0.3, 0.4) is 0 Å². The number of carbonyl (C=O) groups is 1. The molecule has 4 rings (SSSR count). The summed E-state index contributed by atoms with van der Waals surface area (Å²) in [6.07, 6.45) is 0.301. The minimum absolute atomic E-state index is 0.00524. The Labute approximate surface area is 181 Å². The van der Waals surface area contributed by atoms with Gasteiger partial charge in [0.05, 0.1) is 25.3 Å². The van der Waals surface area contributed by atoms with Crippen LogP contribution in [0.5, 0.6) is 0 Å². The largest absolute Gasteiger partial charge is 0.379 e. The summed E-state index contributed by atoms with van der Waals surface area (Å²) in [5.74, 6) is -0.00524. The first-order chi connectivity index (χ1) is 14.7. The van der Waals surface area contributed by atoms with Crippen LogP contribution in [0.25, 0.3) is 10.6 Å². The predicted molar refractivity (Wildman–Crippen MR) is 120 cm³/mol. The van der Waals surface area contributed by atoms with E-state index in [-0.39, 0.29) is 5.91 Å². The highest BCUT2D eigenvalue weighted by atomic mass is 32.1. The summed E-state index contributed by atoms with van der Waals surface area (Å²) in [7, 11) is 0. The Balaban J connectivity index is 1.28. The molecule has 5 nitrogen and oxygen atoms in total. The molecule has 3 aromatic rings. The number of carbonyl (C=O) groups excluding carboxylic acids is 1. The average Bonchev–Trinajstić information content (AvgIpc) is 3.22. The van der Waals surface area contributed by atoms with Crippen LogP contribution in [0.4, 0.5) is 0 Å². The van der Waals surface area contributed by atoms with Gasteiger partial charge in [0, 0.05) is 37.1 Å². The van der Waals surface area contributed by atoms with E-state index in [0.29, 0.717) is 13.0 Å². The summed E-state index contributed by atoms with van der Waals surface area (Å²) in [6, 6.07) is 16.7. The average molecular weight is 422 g/mol. The second kappa shape index (κ2) is 9.98. The topological polar surface area (TPSA) is 54.5 Å². The van der Waals surface area contributed by atoms with Crippen LogP contribution >= 0.6 is 11.3 Å². The van der Waals surface area contributed by atoms with Gasteiger partial charge < -0.3 is 10.1 Å². The lowest BCUT2D eigenvalue weighted by Gasteiger charge is -2.26. The molecular formula is C24H27N3O2S. The van der Waals surface area contributed by atoms with Crippen molar-refractivity contribution in [1.82, 2.24) is 15.2 Å². The highest BCUT2D eigenvalue weighted by Gasteiger charge is 2.12. The molecule has 0 spiro atoms. The molecule has 1 N–H and O–H groups in total. The second-order valence-corrected chi connectivity index (χ2v) is 8.53. The van der Waals surface area contributed by atoms with Gasteiger partial charge in [-0.2, -0.15) is 0 Å². The fourth-order valence-electron chi connectivity index (χ4n) is 3.50. The van der Waals surface area contributed by atoms with E-state index in [1.54, 1.807) is 11.3 Å². The Morgan fingerprint density at radius 2 is 1.90 bits per heavy atom. The first kappa shape index (κ1) is 20.7. The Kier molecular flexibility index (Phi) is 6.89. The molecule has 0 bridgehead atoms. The lowest BCUT2D eigenvalue weighted by molar-refractivity contribution is -0.120. The molecule has 1 aliphatic rings. The number of hydrogen-bond donors (Lipinski definition) is 1. The van der Waals surface area contributed by atoms with Gasteiger partial charge in [0.25, 0.3) is 0 Å². The van der Waals surface area contributed by atoms with Gasteiger partial charge in [-0.1, -0.05) is 54.1 Å². The van der Waals surface area contributed by atoms with Crippen LogP contribution in [0.1, 0.15) is 22.4 Å². The number of ether oxygens (including phenoxy) is 1. The molecule has 1 saturated heterocycles. The fourth-order valence-corrected chi connectivity index (χ4v) is 4.33. The number of amides is 1. The van der Waals surface area contributed by atoms with Crippen LogP contribution in [-0.2, 0) is 29.0 Å². The Hall–Kier alpha value is -2.54. The van der Waals surface area contributed by atoms with Gasteiger partial charge in [-0.3, -0.25) is 9.69 Å². The van der Waals surface area contributed by atoms with Crippen LogP contribution in [-0.4, -0.2) is 42.1 Å². The van der Waals surface area contributed by atoms with E-state index < -0.39 is 0 Å². The van der Waals surface area contributed by atoms with Crippen molar-refractivity contribution < 1.29 is 9.53 Å². The summed E-state index contributed by atoms with van der Waals surface area (Å²) >= 11 is 1.58. The number of benzene rings is 2. The number of rotatable bonds is 7. The van der Waals surface area contributed by atoms with Crippen molar-refractivity contribution >= 4 is 17.2 Å². The maximum Gasteiger partial charge on any atom is 0.226 e. The summed E-state index contributed by atoms with van der Waals surface area (Å²) in [6.45, 7) is 7.07. The molecular weight excluding hydrogens is 394 g/mol. The first-order valence-electron chi connectivity index (χ1n) is 10.3. The number of nitrogens with one attached hydrogen (secondary N) is 1. The highest BCUT2D eigenvalue weighted by molar-refractivity contribution is 7.13. The molecule has 1 amide bonds. The molecule has 1 aromatic heterocycles. The maximum atomic E-state index is 12.4. The van der Waals surface area contributed by atoms with Crippen molar-refractivity contribution in [2.75, 3.05) is 26.3 Å². The van der Waals surface area contributed by atoms with E-state index in [1.165, 1.54) is 11.1 Å². The van der Waals surface area contributed by atoms with Crippen molar-refractivity contribution in [1.29, 1.82) is 0 Å². The molecule has 2 heterocycles. The summed E-state index contributed by atoms with van der Waals surface area (Å²) in [4.78, 5) is 19.4. The third kappa shape index (κ3) is 5.75. The maximum absolute atomic E-state index is 12.4. The Morgan fingerprint density at radius 1 is 1.13 bits per heavy atom. The number of aromatic nitrogens is 1. The standard InChI is InChI=1S/C24H27N3O2S/c1-18-5-7-21(8-6-18)24-26-22(17-30-24)14-23(28)25-15-19-3-2-4-20(13-19)16-27-9-11-29-12-10-27/h2-8,13,17H,9-12,14-16H2,1H3,(H,25,28). The monoisotopic (exact) mass is 421 g/mol. The van der Waals surface area contributed by atoms with E-state index in [1.807, 2.05) is 5.38 Å². The second-order valence-electron chi connectivity index (χ2n) is 7.67. The number of thiazole rings is 1. The van der Waals surface area contributed by atoms with Crippen LogP contribution in [0.15, 0.2) is 53.9 Å². The highest BCUT2D eigenvalue weighted by Crippen LogP contribution is 2.24. The van der Waals surface area contributed by atoms with Gasteiger partial charge in [0.1, 0.15) is 5.01 Å². The van der Waals surface area contributed by atoms with Gasteiger partial charge in [-0.25, -0.2) is 4.98 Å². The molecule has 0 aliphatic carbocycles. The Morgan fingerprint density at radius 3 is 2.70 bits per heavy atom. The SMILES string of the molecule is Cc1ccc(-c2nc(CC(=O)NCc3cccc(CN4CCOCC4)c3)cs2)cc1. The van der Waals surface area contributed by atoms with E-state index in [9.17, 15) is 4.79 Å². The zero-order chi connectivity index (χ0) is 20.8. The number of aryl methyl sites for hydroxylation is 1. The van der Waals surface area contributed by atoms with Crippen LogP contribution in [0.2, 0.25) is 0 Å². The van der Waals surface area contributed by atoms with Crippen LogP contribution in [0, 0.1) is 6.92 Å². The smallest absolute Gasteiger partial charge is 0.226 e. The minimum Gasteiger partial charge on any atom is -0.379 e. The van der Waals surface area contributed by atoms with Gasteiger partial charge in [-0.05, 0) is 18.1 Å². The van der Waals surface area contributed by atoms with Gasteiger partial charge in [-0.15, -0.1) is 11.3 Å².